The Labute approximate surface area is 170 Å². The van der Waals surface area contributed by atoms with Crippen LogP contribution < -0.4 is 0 Å². The third-order valence-electron chi connectivity index (χ3n) is 9.05. The molecule has 1 aromatic heterocycles. The molecule has 0 N–H and O–H groups in total. The largest absolute Gasteiger partial charge is 0.456 e. The van der Waals surface area contributed by atoms with E-state index in [9.17, 15) is 0 Å². The standard InChI is InChI=1S/C28H24O/c1-3-7-24-20(5-1)22-15-27-23(21-6-2-4-8-26(21)29-27)14-25(22)28(24)18-10-16-9-17(12-18)13-19(28)11-16/h1-8,14-19H,9-13H2. The highest BCUT2D eigenvalue weighted by Gasteiger charge is 2.61. The summed E-state index contributed by atoms with van der Waals surface area (Å²) < 4.78 is 6.29. The van der Waals surface area contributed by atoms with E-state index in [1.807, 2.05) is 0 Å². The van der Waals surface area contributed by atoms with Gasteiger partial charge in [0.2, 0.25) is 0 Å². The van der Waals surface area contributed by atoms with Gasteiger partial charge in [-0.2, -0.15) is 0 Å². The number of rotatable bonds is 0. The summed E-state index contributed by atoms with van der Waals surface area (Å²) in [6.45, 7) is 0. The highest BCUT2D eigenvalue weighted by Crippen LogP contribution is 2.69. The van der Waals surface area contributed by atoms with E-state index >= 15 is 0 Å². The lowest BCUT2D eigenvalue weighted by atomic mass is 9.43. The van der Waals surface area contributed by atoms with Gasteiger partial charge < -0.3 is 4.42 Å². The average molecular weight is 376 g/mol. The number of hydrogen-bond donors (Lipinski definition) is 0. The van der Waals surface area contributed by atoms with Crippen molar-refractivity contribution in [3.8, 4) is 11.1 Å². The van der Waals surface area contributed by atoms with E-state index in [1.165, 1.54) is 54.0 Å². The SMILES string of the molecule is c1ccc2c(c1)-c1cc3oc4ccccc4c3cc1C21C2CC3CC(C2)CC1C3. The van der Waals surface area contributed by atoms with Crippen LogP contribution in [0.1, 0.15) is 43.2 Å². The summed E-state index contributed by atoms with van der Waals surface area (Å²) in [6.07, 6.45) is 7.24. The summed E-state index contributed by atoms with van der Waals surface area (Å²) in [5.41, 5.74) is 8.45. The van der Waals surface area contributed by atoms with Crippen molar-refractivity contribution in [2.45, 2.75) is 37.5 Å². The first-order chi connectivity index (χ1) is 14.3. The van der Waals surface area contributed by atoms with Gasteiger partial charge in [0.1, 0.15) is 11.2 Å². The van der Waals surface area contributed by atoms with Crippen LogP contribution in [-0.2, 0) is 5.41 Å². The van der Waals surface area contributed by atoms with Crippen molar-refractivity contribution in [1.29, 1.82) is 0 Å². The predicted molar refractivity (Wildman–Crippen MR) is 117 cm³/mol. The second-order valence-corrected chi connectivity index (χ2v) is 10.2. The zero-order chi connectivity index (χ0) is 18.7. The fraction of sp³-hybridized carbons (Fsp3) is 0.357. The minimum Gasteiger partial charge on any atom is -0.456 e. The normalized spacial score (nSPS) is 33.7. The Kier molecular flexibility index (Phi) is 2.62. The average Bonchev–Trinajstić information content (AvgIpc) is 3.24. The van der Waals surface area contributed by atoms with E-state index in [2.05, 4.69) is 60.7 Å². The molecular weight excluding hydrogens is 352 g/mol. The Bertz CT molecular complexity index is 1290. The van der Waals surface area contributed by atoms with Crippen LogP contribution in [0.4, 0.5) is 0 Å². The van der Waals surface area contributed by atoms with Crippen molar-refractivity contribution in [3.63, 3.8) is 0 Å². The Morgan fingerprint density at radius 2 is 1.34 bits per heavy atom. The maximum absolute atomic E-state index is 6.29. The van der Waals surface area contributed by atoms with E-state index in [1.54, 1.807) is 11.1 Å². The first-order valence-corrected chi connectivity index (χ1v) is 11.4. The molecule has 1 heteroatoms. The van der Waals surface area contributed by atoms with Crippen molar-refractivity contribution >= 4 is 21.9 Å². The van der Waals surface area contributed by atoms with Crippen LogP contribution in [0.15, 0.2) is 65.1 Å². The minimum atomic E-state index is 0.242. The molecule has 5 aliphatic carbocycles. The molecule has 3 aromatic carbocycles. The first-order valence-electron chi connectivity index (χ1n) is 11.4. The smallest absolute Gasteiger partial charge is 0.136 e. The monoisotopic (exact) mass is 376 g/mol. The van der Waals surface area contributed by atoms with Gasteiger partial charge in [0.25, 0.3) is 0 Å². The molecule has 0 unspecified atom stereocenters. The Hall–Kier alpha value is -2.54. The number of furan rings is 1. The van der Waals surface area contributed by atoms with Crippen LogP contribution in [-0.4, -0.2) is 0 Å². The predicted octanol–water partition coefficient (Wildman–Crippen LogP) is 7.31. The van der Waals surface area contributed by atoms with Crippen molar-refractivity contribution < 1.29 is 4.42 Å². The van der Waals surface area contributed by atoms with Crippen LogP contribution >= 0.6 is 0 Å². The van der Waals surface area contributed by atoms with E-state index in [0.29, 0.717) is 0 Å². The molecule has 0 radical (unpaired) electrons. The van der Waals surface area contributed by atoms with Gasteiger partial charge in [-0.25, -0.2) is 0 Å². The minimum absolute atomic E-state index is 0.242. The van der Waals surface area contributed by atoms with Crippen LogP contribution in [0.25, 0.3) is 33.1 Å². The quantitative estimate of drug-likeness (QED) is 0.314. The summed E-state index contributed by atoms with van der Waals surface area (Å²) in [6, 6.07) is 22.8. The lowest BCUT2D eigenvalue weighted by molar-refractivity contribution is -0.0399. The van der Waals surface area contributed by atoms with E-state index in [0.717, 1.165) is 34.8 Å². The van der Waals surface area contributed by atoms with Crippen molar-refractivity contribution in [2.24, 2.45) is 23.7 Å². The first kappa shape index (κ1) is 15.3. The van der Waals surface area contributed by atoms with Gasteiger partial charge in [-0.1, -0.05) is 42.5 Å². The van der Waals surface area contributed by atoms with Gasteiger partial charge in [-0.05, 0) is 96.2 Å². The van der Waals surface area contributed by atoms with Crippen LogP contribution in [0.5, 0.6) is 0 Å². The fourth-order valence-electron chi connectivity index (χ4n) is 8.37. The molecule has 4 bridgehead atoms. The highest BCUT2D eigenvalue weighted by molar-refractivity contribution is 6.07. The summed E-state index contributed by atoms with van der Waals surface area (Å²) in [4.78, 5) is 0. The van der Waals surface area contributed by atoms with Gasteiger partial charge in [-0.15, -0.1) is 0 Å². The summed E-state index contributed by atoms with van der Waals surface area (Å²) in [5.74, 6) is 3.60. The van der Waals surface area contributed by atoms with Crippen LogP contribution in [0.3, 0.4) is 0 Å². The Balaban J connectivity index is 1.50. The molecule has 142 valence electrons. The zero-order valence-electron chi connectivity index (χ0n) is 16.5. The second-order valence-electron chi connectivity index (χ2n) is 10.2. The lowest BCUT2D eigenvalue weighted by Gasteiger charge is -2.61. The Morgan fingerprint density at radius 1 is 0.621 bits per heavy atom. The second kappa shape index (κ2) is 4.95. The maximum atomic E-state index is 6.29. The highest BCUT2D eigenvalue weighted by atomic mass is 16.3. The summed E-state index contributed by atoms with van der Waals surface area (Å²) in [5, 5.41) is 2.57. The van der Waals surface area contributed by atoms with Gasteiger partial charge in [0, 0.05) is 16.2 Å². The molecule has 0 saturated heterocycles. The Morgan fingerprint density at radius 3 is 2.17 bits per heavy atom. The van der Waals surface area contributed by atoms with Crippen molar-refractivity contribution in [3.05, 3.63) is 71.8 Å². The van der Waals surface area contributed by atoms with Crippen LogP contribution in [0.2, 0.25) is 0 Å². The van der Waals surface area contributed by atoms with E-state index in [-0.39, 0.29) is 5.41 Å². The van der Waals surface area contributed by atoms with E-state index < -0.39 is 0 Å². The zero-order valence-corrected chi connectivity index (χ0v) is 16.5. The van der Waals surface area contributed by atoms with Gasteiger partial charge in [0.05, 0.1) is 0 Å². The van der Waals surface area contributed by atoms with Gasteiger partial charge >= 0.3 is 0 Å². The van der Waals surface area contributed by atoms with Crippen molar-refractivity contribution in [1.82, 2.24) is 0 Å². The van der Waals surface area contributed by atoms with Crippen molar-refractivity contribution in [2.75, 3.05) is 0 Å². The molecule has 1 nitrogen and oxygen atoms in total. The molecule has 1 heterocycles. The van der Waals surface area contributed by atoms with Crippen LogP contribution in [0, 0.1) is 23.7 Å². The molecule has 29 heavy (non-hydrogen) atoms. The third kappa shape index (κ3) is 1.68. The van der Waals surface area contributed by atoms with Gasteiger partial charge in [-0.3, -0.25) is 0 Å². The topological polar surface area (TPSA) is 13.1 Å². The maximum Gasteiger partial charge on any atom is 0.136 e. The molecule has 0 atom stereocenters. The number of fused-ring (bicyclic) bond motifs is 6. The third-order valence-corrected chi connectivity index (χ3v) is 9.05. The number of hydrogen-bond acceptors (Lipinski definition) is 1. The number of benzene rings is 3. The molecule has 5 aliphatic rings. The molecular formula is C28H24O. The molecule has 1 spiro atoms. The van der Waals surface area contributed by atoms with Gasteiger partial charge in [0.15, 0.2) is 0 Å². The summed E-state index contributed by atoms with van der Waals surface area (Å²) in [7, 11) is 0. The molecule has 4 aromatic rings. The molecule has 9 rings (SSSR count). The summed E-state index contributed by atoms with van der Waals surface area (Å²) >= 11 is 0. The number of para-hydroxylation sites is 1. The fourth-order valence-corrected chi connectivity index (χ4v) is 8.37. The van der Waals surface area contributed by atoms with E-state index in [4.69, 9.17) is 4.42 Å². The molecule has 4 saturated carbocycles. The lowest BCUT2D eigenvalue weighted by Crippen LogP contribution is -2.55. The molecule has 0 aliphatic heterocycles. The molecule has 0 amide bonds. The molecule has 4 fully saturated rings.